The third kappa shape index (κ3) is 4.51. The van der Waals surface area contributed by atoms with Gasteiger partial charge in [-0.15, -0.1) is 0 Å². The van der Waals surface area contributed by atoms with Crippen LogP contribution < -0.4 is 5.32 Å². The van der Waals surface area contributed by atoms with Gasteiger partial charge in [0.05, 0.1) is 17.3 Å². The average Bonchev–Trinajstić information content (AvgIpc) is 3.16. The molecule has 1 heterocycles. The van der Waals surface area contributed by atoms with E-state index in [1.807, 2.05) is 12.1 Å². The quantitative estimate of drug-likeness (QED) is 0.734. The van der Waals surface area contributed by atoms with Gasteiger partial charge in [-0.05, 0) is 35.9 Å². The Morgan fingerprint density at radius 3 is 2.44 bits per heavy atom. The van der Waals surface area contributed by atoms with Crippen LogP contribution in [0.3, 0.4) is 0 Å². The lowest BCUT2D eigenvalue weighted by Gasteiger charge is -2.13. The van der Waals surface area contributed by atoms with E-state index in [1.165, 1.54) is 11.2 Å². The normalized spacial score (nSPS) is 10.5. The fraction of sp³-hybridized carbons (Fsp3) is 0.158. The van der Waals surface area contributed by atoms with Crippen molar-refractivity contribution in [2.24, 2.45) is 0 Å². The van der Waals surface area contributed by atoms with Gasteiger partial charge < -0.3 is 10.2 Å². The molecule has 1 aromatic heterocycles. The molecule has 0 atom stereocenters. The number of aromatic nitrogens is 3. The highest BCUT2D eigenvalue weighted by Gasteiger charge is 2.13. The molecule has 7 nitrogen and oxygen atoms in total. The second-order valence-corrected chi connectivity index (χ2v) is 6.55. The van der Waals surface area contributed by atoms with Crippen molar-refractivity contribution < 1.29 is 9.59 Å². The van der Waals surface area contributed by atoms with E-state index in [0.29, 0.717) is 28.4 Å². The number of rotatable bonds is 5. The van der Waals surface area contributed by atoms with Crippen molar-refractivity contribution in [1.82, 2.24) is 19.7 Å². The van der Waals surface area contributed by atoms with E-state index in [1.54, 1.807) is 55.4 Å². The summed E-state index contributed by atoms with van der Waals surface area (Å²) in [7, 11) is 3.33. The van der Waals surface area contributed by atoms with Gasteiger partial charge in [0.2, 0.25) is 0 Å². The summed E-state index contributed by atoms with van der Waals surface area (Å²) in [5.74, 6) is -0.474. The van der Waals surface area contributed by atoms with Crippen LogP contribution in [0.2, 0.25) is 5.02 Å². The second-order valence-electron chi connectivity index (χ2n) is 6.14. The van der Waals surface area contributed by atoms with Crippen molar-refractivity contribution in [3.05, 3.63) is 76.8 Å². The van der Waals surface area contributed by atoms with E-state index >= 15 is 0 Å². The summed E-state index contributed by atoms with van der Waals surface area (Å²) < 4.78 is 1.70. The summed E-state index contributed by atoms with van der Waals surface area (Å²) in [5, 5.41) is 7.17. The highest BCUT2D eigenvalue weighted by atomic mass is 35.5. The second kappa shape index (κ2) is 8.01. The number of carbonyl (C=O) groups is 2. The summed E-state index contributed by atoms with van der Waals surface area (Å²) in [4.78, 5) is 30.0. The van der Waals surface area contributed by atoms with Crippen LogP contribution in [0.1, 0.15) is 26.3 Å². The van der Waals surface area contributed by atoms with Crippen LogP contribution in [0.15, 0.2) is 55.1 Å². The monoisotopic (exact) mass is 383 g/mol. The molecule has 3 rings (SSSR count). The first-order chi connectivity index (χ1) is 12.9. The molecule has 0 spiro atoms. The van der Waals surface area contributed by atoms with Crippen LogP contribution in [0.4, 0.5) is 5.69 Å². The molecule has 0 aliphatic carbocycles. The van der Waals surface area contributed by atoms with Crippen LogP contribution in [-0.4, -0.2) is 45.6 Å². The Bertz CT molecular complexity index is 953. The van der Waals surface area contributed by atoms with Gasteiger partial charge >= 0.3 is 0 Å². The minimum absolute atomic E-state index is 0.167. The van der Waals surface area contributed by atoms with Gasteiger partial charge in [-0.25, -0.2) is 9.67 Å². The molecule has 2 aromatic carbocycles. The smallest absolute Gasteiger partial charge is 0.255 e. The van der Waals surface area contributed by atoms with Gasteiger partial charge in [0.25, 0.3) is 11.8 Å². The standard InChI is InChI=1S/C19H18ClN5O2/c1-24(2)19(27)15-7-8-16(20)17(9-15)23-18(26)14-5-3-13(4-6-14)10-25-12-21-11-22-25/h3-9,11-12H,10H2,1-2H3,(H,23,26). The lowest BCUT2D eigenvalue weighted by atomic mass is 10.1. The molecule has 0 saturated carbocycles. The van der Waals surface area contributed by atoms with Crippen LogP contribution in [0, 0.1) is 0 Å². The Morgan fingerprint density at radius 1 is 1.11 bits per heavy atom. The molecule has 0 bridgehead atoms. The first-order valence-corrected chi connectivity index (χ1v) is 8.56. The third-order valence-corrected chi connectivity index (χ3v) is 4.22. The number of anilines is 1. The number of nitrogens with zero attached hydrogens (tertiary/aromatic N) is 4. The first kappa shape index (κ1) is 18.6. The Morgan fingerprint density at radius 2 is 1.81 bits per heavy atom. The first-order valence-electron chi connectivity index (χ1n) is 8.18. The van der Waals surface area contributed by atoms with Crippen LogP contribution in [0.5, 0.6) is 0 Å². The number of benzene rings is 2. The van der Waals surface area contributed by atoms with Crippen LogP contribution >= 0.6 is 11.6 Å². The molecule has 3 aromatic rings. The topological polar surface area (TPSA) is 80.1 Å². The van der Waals surface area contributed by atoms with Crippen molar-refractivity contribution >= 4 is 29.1 Å². The zero-order chi connectivity index (χ0) is 19.4. The van der Waals surface area contributed by atoms with E-state index in [-0.39, 0.29) is 11.8 Å². The fourth-order valence-electron chi connectivity index (χ4n) is 2.47. The Hall–Kier alpha value is -3.19. The summed E-state index contributed by atoms with van der Waals surface area (Å²) >= 11 is 6.16. The zero-order valence-electron chi connectivity index (χ0n) is 14.9. The van der Waals surface area contributed by atoms with Crippen molar-refractivity contribution in [2.45, 2.75) is 6.54 Å². The molecule has 0 unspecified atom stereocenters. The van der Waals surface area contributed by atoms with Gasteiger partial charge in [-0.3, -0.25) is 9.59 Å². The van der Waals surface area contributed by atoms with Gasteiger partial charge in [0, 0.05) is 25.2 Å². The highest BCUT2D eigenvalue weighted by molar-refractivity contribution is 6.34. The minimum Gasteiger partial charge on any atom is -0.345 e. The molecule has 1 N–H and O–H groups in total. The van der Waals surface area contributed by atoms with Crippen molar-refractivity contribution in [2.75, 3.05) is 19.4 Å². The summed E-state index contributed by atoms with van der Waals surface area (Å²) in [5.41, 5.74) is 2.32. The molecular formula is C19H18ClN5O2. The number of hydrogen-bond acceptors (Lipinski definition) is 4. The molecule has 8 heteroatoms. The predicted molar refractivity (Wildman–Crippen MR) is 103 cm³/mol. The summed E-state index contributed by atoms with van der Waals surface area (Å²) in [6.07, 6.45) is 3.10. The van der Waals surface area contributed by atoms with Gasteiger partial charge in [0.1, 0.15) is 12.7 Å². The van der Waals surface area contributed by atoms with Crippen molar-refractivity contribution in [3.63, 3.8) is 0 Å². The minimum atomic E-state index is -0.307. The van der Waals surface area contributed by atoms with Crippen molar-refractivity contribution in [1.29, 1.82) is 0 Å². The number of carbonyl (C=O) groups excluding carboxylic acids is 2. The van der Waals surface area contributed by atoms with E-state index in [2.05, 4.69) is 15.4 Å². The van der Waals surface area contributed by atoms with Gasteiger partial charge in [0.15, 0.2) is 0 Å². The Balaban J connectivity index is 1.73. The van der Waals surface area contributed by atoms with Gasteiger partial charge in [-0.1, -0.05) is 23.7 Å². The van der Waals surface area contributed by atoms with Crippen molar-refractivity contribution in [3.8, 4) is 0 Å². The average molecular weight is 384 g/mol. The molecular weight excluding hydrogens is 366 g/mol. The molecule has 0 aliphatic heterocycles. The lowest BCUT2D eigenvalue weighted by molar-refractivity contribution is 0.0827. The third-order valence-electron chi connectivity index (χ3n) is 3.89. The van der Waals surface area contributed by atoms with E-state index < -0.39 is 0 Å². The molecule has 0 saturated heterocycles. The number of hydrogen-bond donors (Lipinski definition) is 1. The fourth-order valence-corrected chi connectivity index (χ4v) is 2.63. The maximum absolute atomic E-state index is 12.5. The lowest BCUT2D eigenvalue weighted by Crippen LogP contribution is -2.22. The summed E-state index contributed by atoms with van der Waals surface area (Å²) in [6.45, 7) is 0.572. The maximum atomic E-state index is 12.5. The molecule has 27 heavy (non-hydrogen) atoms. The SMILES string of the molecule is CN(C)C(=O)c1ccc(Cl)c(NC(=O)c2ccc(Cn3cncn3)cc2)c1. The molecule has 0 fully saturated rings. The van der Waals surface area contributed by atoms with Crippen LogP contribution in [-0.2, 0) is 6.54 Å². The predicted octanol–water partition coefficient (Wildman–Crippen LogP) is 2.93. The summed E-state index contributed by atoms with van der Waals surface area (Å²) in [6, 6.07) is 11.9. The van der Waals surface area contributed by atoms with E-state index in [0.717, 1.165) is 5.56 Å². The van der Waals surface area contributed by atoms with Gasteiger partial charge in [-0.2, -0.15) is 5.10 Å². The van der Waals surface area contributed by atoms with E-state index in [4.69, 9.17) is 11.6 Å². The number of nitrogens with one attached hydrogen (secondary N) is 1. The molecule has 0 aliphatic rings. The molecule has 2 amide bonds. The van der Waals surface area contributed by atoms with E-state index in [9.17, 15) is 9.59 Å². The Labute approximate surface area is 161 Å². The molecule has 0 radical (unpaired) electrons. The largest absolute Gasteiger partial charge is 0.345 e. The zero-order valence-corrected chi connectivity index (χ0v) is 15.6. The number of halogens is 1. The maximum Gasteiger partial charge on any atom is 0.255 e. The Kier molecular flexibility index (Phi) is 5.52. The highest BCUT2D eigenvalue weighted by Crippen LogP contribution is 2.24. The number of amides is 2. The molecule has 138 valence electrons. The van der Waals surface area contributed by atoms with Crippen LogP contribution in [0.25, 0.3) is 0 Å².